The molecule has 2 amide bonds. The fourth-order valence-electron chi connectivity index (χ4n) is 2.19. The molecule has 130 valence electrons. The molecule has 25 heavy (non-hydrogen) atoms. The molecule has 1 saturated carbocycles. The lowest BCUT2D eigenvalue weighted by molar-refractivity contribution is -0.117. The van der Waals surface area contributed by atoms with Crippen molar-refractivity contribution in [3.05, 3.63) is 52.5 Å². The molecule has 3 rings (SSSR count). The van der Waals surface area contributed by atoms with Crippen LogP contribution in [-0.2, 0) is 9.59 Å². The molecule has 2 aromatic carbocycles. The fraction of sp³-hybridized carbons (Fsp3) is 0.222. The van der Waals surface area contributed by atoms with Gasteiger partial charge in [0, 0.05) is 27.2 Å². The van der Waals surface area contributed by atoms with Crippen LogP contribution in [0.4, 0.5) is 11.4 Å². The average molecular weight is 395 g/mol. The third kappa shape index (κ3) is 5.39. The summed E-state index contributed by atoms with van der Waals surface area (Å²) < 4.78 is 0. The van der Waals surface area contributed by atoms with Crippen LogP contribution in [0.2, 0.25) is 10.0 Å². The topological polar surface area (TPSA) is 58.2 Å². The molecule has 0 atom stereocenters. The number of anilines is 2. The van der Waals surface area contributed by atoms with Crippen molar-refractivity contribution in [2.24, 2.45) is 5.92 Å². The second kappa shape index (κ2) is 8.13. The van der Waals surface area contributed by atoms with E-state index in [0.717, 1.165) is 17.7 Å². The van der Waals surface area contributed by atoms with Gasteiger partial charge in [-0.05, 0) is 49.2 Å². The van der Waals surface area contributed by atoms with Crippen molar-refractivity contribution in [1.82, 2.24) is 0 Å². The van der Waals surface area contributed by atoms with Crippen LogP contribution >= 0.6 is 35.0 Å². The average Bonchev–Trinajstić information content (AvgIpc) is 3.41. The van der Waals surface area contributed by atoms with E-state index in [4.69, 9.17) is 23.2 Å². The zero-order chi connectivity index (χ0) is 17.8. The number of carbonyl (C=O) groups is 2. The first-order chi connectivity index (χ1) is 12.0. The summed E-state index contributed by atoms with van der Waals surface area (Å²) in [5.41, 5.74) is 1.32. The second-order valence-electron chi connectivity index (χ2n) is 5.76. The highest BCUT2D eigenvalue weighted by molar-refractivity contribution is 8.00. The van der Waals surface area contributed by atoms with Crippen LogP contribution in [0.5, 0.6) is 0 Å². The van der Waals surface area contributed by atoms with E-state index in [0.29, 0.717) is 21.4 Å². The van der Waals surface area contributed by atoms with Gasteiger partial charge in [0.2, 0.25) is 11.8 Å². The lowest BCUT2D eigenvalue weighted by atomic mass is 10.2. The Hall–Kier alpha value is -1.69. The predicted octanol–water partition coefficient (Wildman–Crippen LogP) is 5.07. The molecule has 0 aliphatic heterocycles. The first-order valence-corrected chi connectivity index (χ1v) is 9.54. The summed E-state index contributed by atoms with van der Waals surface area (Å²) in [6.07, 6.45) is 1.90. The molecule has 0 radical (unpaired) electrons. The number of halogens is 2. The Labute approximate surface area is 160 Å². The summed E-state index contributed by atoms with van der Waals surface area (Å²) in [6.45, 7) is 0. The van der Waals surface area contributed by atoms with Gasteiger partial charge in [-0.15, -0.1) is 11.8 Å². The van der Waals surface area contributed by atoms with Gasteiger partial charge >= 0.3 is 0 Å². The molecule has 4 nitrogen and oxygen atoms in total. The highest BCUT2D eigenvalue weighted by Crippen LogP contribution is 2.31. The third-order valence-electron chi connectivity index (χ3n) is 3.61. The highest BCUT2D eigenvalue weighted by Gasteiger charge is 2.29. The minimum Gasteiger partial charge on any atom is -0.326 e. The third-order valence-corrected chi connectivity index (χ3v) is 5.35. The van der Waals surface area contributed by atoms with Crippen LogP contribution in [0, 0.1) is 5.92 Å². The van der Waals surface area contributed by atoms with Gasteiger partial charge in [-0.3, -0.25) is 9.59 Å². The smallest absolute Gasteiger partial charge is 0.234 e. The summed E-state index contributed by atoms with van der Waals surface area (Å²) in [5.74, 6) is 0.220. The zero-order valence-corrected chi connectivity index (χ0v) is 15.5. The number of hydrogen-bond donors (Lipinski definition) is 2. The highest BCUT2D eigenvalue weighted by atomic mass is 35.5. The Morgan fingerprint density at radius 1 is 1.04 bits per heavy atom. The molecule has 7 heteroatoms. The van der Waals surface area contributed by atoms with Gasteiger partial charge in [-0.1, -0.05) is 29.3 Å². The van der Waals surface area contributed by atoms with Crippen LogP contribution in [0.25, 0.3) is 0 Å². The normalized spacial score (nSPS) is 13.4. The molecule has 0 unspecified atom stereocenters. The van der Waals surface area contributed by atoms with Crippen molar-refractivity contribution < 1.29 is 9.59 Å². The van der Waals surface area contributed by atoms with E-state index in [9.17, 15) is 9.59 Å². The van der Waals surface area contributed by atoms with Gasteiger partial charge in [0.05, 0.1) is 10.8 Å². The van der Waals surface area contributed by atoms with Crippen molar-refractivity contribution in [3.63, 3.8) is 0 Å². The molecule has 0 aromatic heterocycles. The maximum atomic E-state index is 12.1. The van der Waals surface area contributed by atoms with E-state index in [1.165, 1.54) is 11.8 Å². The number of hydrogen-bond acceptors (Lipinski definition) is 3. The molecular weight excluding hydrogens is 379 g/mol. The second-order valence-corrected chi connectivity index (χ2v) is 7.62. The minimum atomic E-state index is -0.160. The monoisotopic (exact) mass is 394 g/mol. The Morgan fingerprint density at radius 2 is 1.76 bits per heavy atom. The van der Waals surface area contributed by atoms with Gasteiger partial charge in [0.15, 0.2) is 0 Å². The van der Waals surface area contributed by atoms with Gasteiger partial charge in [-0.2, -0.15) is 0 Å². The van der Waals surface area contributed by atoms with E-state index < -0.39 is 0 Å². The Bertz CT molecular complexity index is 809. The molecule has 1 fully saturated rings. The molecule has 2 N–H and O–H groups in total. The number of amides is 2. The van der Waals surface area contributed by atoms with Gasteiger partial charge in [0.25, 0.3) is 0 Å². The summed E-state index contributed by atoms with van der Waals surface area (Å²) in [4.78, 5) is 24.7. The lowest BCUT2D eigenvalue weighted by Crippen LogP contribution is -2.15. The number of rotatable bonds is 6. The number of nitrogens with one attached hydrogen (secondary N) is 2. The molecule has 0 bridgehead atoms. The zero-order valence-electron chi connectivity index (χ0n) is 13.2. The van der Waals surface area contributed by atoms with Crippen molar-refractivity contribution in [2.75, 3.05) is 16.4 Å². The van der Waals surface area contributed by atoms with Gasteiger partial charge in [-0.25, -0.2) is 0 Å². The quantitative estimate of drug-likeness (QED) is 0.672. The minimum absolute atomic E-state index is 0.0367. The predicted molar refractivity (Wildman–Crippen MR) is 104 cm³/mol. The molecule has 0 spiro atoms. The van der Waals surface area contributed by atoms with Crippen molar-refractivity contribution in [1.29, 1.82) is 0 Å². The molecule has 1 aliphatic carbocycles. The summed E-state index contributed by atoms with van der Waals surface area (Å²) >= 11 is 13.3. The van der Waals surface area contributed by atoms with Crippen LogP contribution in [0.15, 0.2) is 47.4 Å². The van der Waals surface area contributed by atoms with E-state index in [1.54, 1.807) is 42.5 Å². The maximum Gasteiger partial charge on any atom is 0.234 e. The Morgan fingerprint density at radius 3 is 2.48 bits per heavy atom. The number of thioether (sulfide) groups is 1. The summed E-state index contributed by atoms with van der Waals surface area (Å²) in [5, 5.41) is 6.82. The first kappa shape index (κ1) is 18.1. The van der Waals surface area contributed by atoms with E-state index in [1.807, 2.05) is 0 Å². The number of benzene rings is 2. The maximum absolute atomic E-state index is 12.1. The SMILES string of the molecule is O=C(CSc1cc(Cl)ccc1Cl)Nc1cccc(NC(=O)C2CC2)c1. The molecule has 2 aromatic rings. The fourth-order valence-corrected chi connectivity index (χ4v) is 3.49. The van der Waals surface area contributed by atoms with Gasteiger partial charge < -0.3 is 10.6 Å². The first-order valence-electron chi connectivity index (χ1n) is 7.80. The van der Waals surface area contributed by atoms with Crippen LogP contribution in [0.3, 0.4) is 0 Å². The molecule has 0 heterocycles. The van der Waals surface area contributed by atoms with Crippen molar-refractivity contribution in [3.8, 4) is 0 Å². The Balaban J connectivity index is 1.55. The van der Waals surface area contributed by atoms with Crippen molar-refractivity contribution >= 4 is 58.2 Å². The lowest BCUT2D eigenvalue weighted by Gasteiger charge is -2.09. The Kier molecular flexibility index (Phi) is 5.89. The molecule has 0 saturated heterocycles. The number of carbonyl (C=O) groups excluding carboxylic acids is 2. The van der Waals surface area contributed by atoms with Crippen LogP contribution < -0.4 is 10.6 Å². The van der Waals surface area contributed by atoms with Crippen LogP contribution in [-0.4, -0.2) is 17.6 Å². The van der Waals surface area contributed by atoms with E-state index in [2.05, 4.69) is 10.6 Å². The molecule has 1 aliphatic rings. The largest absolute Gasteiger partial charge is 0.326 e. The van der Waals surface area contributed by atoms with E-state index in [-0.39, 0.29) is 23.5 Å². The van der Waals surface area contributed by atoms with Crippen molar-refractivity contribution in [2.45, 2.75) is 17.7 Å². The molecular formula is C18H16Cl2N2O2S. The standard InChI is InChI=1S/C18H16Cl2N2O2S/c19-12-6-7-15(20)16(8-12)25-10-17(23)21-13-2-1-3-14(9-13)22-18(24)11-4-5-11/h1-3,6-9,11H,4-5,10H2,(H,21,23)(H,22,24). The van der Waals surface area contributed by atoms with Gasteiger partial charge in [0.1, 0.15) is 0 Å². The van der Waals surface area contributed by atoms with Crippen LogP contribution in [0.1, 0.15) is 12.8 Å². The summed E-state index contributed by atoms with van der Waals surface area (Å²) in [7, 11) is 0. The van der Waals surface area contributed by atoms with E-state index >= 15 is 0 Å². The summed E-state index contributed by atoms with van der Waals surface area (Å²) in [6, 6.07) is 12.3.